The van der Waals surface area contributed by atoms with E-state index >= 15 is 0 Å². The molecule has 0 aromatic heterocycles. The Bertz CT molecular complexity index is 815. The molecule has 2 amide bonds. The predicted octanol–water partition coefficient (Wildman–Crippen LogP) is 3.38. The van der Waals surface area contributed by atoms with Crippen LogP contribution in [-0.4, -0.2) is 24.4 Å². The minimum absolute atomic E-state index is 0.0757. The van der Waals surface area contributed by atoms with Crippen LogP contribution >= 0.6 is 0 Å². The van der Waals surface area contributed by atoms with Gasteiger partial charge in [-0.2, -0.15) is 0 Å². The molecular formula is C21H24N2O4. The number of rotatable bonds is 7. The Hall–Kier alpha value is -3.15. The fraction of sp³-hybridized carbons (Fsp3) is 0.286. The van der Waals surface area contributed by atoms with Crippen molar-refractivity contribution in [2.45, 2.75) is 33.2 Å². The zero-order valence-electron chi connectivity index (χ0n) is 15.7. The number of anilines is 1. The number of esters is 1. The second kappa shape index (κ2) is 9.52. The molecule has 0 aliphatic rings. The zero-order valence-corrected chi connectivity index (χ0v) is 15.7. The number of carbonyl (C=O) groups is 3. The zero-order chi connectivity index (χ0) is 19.8. The molecule has 0 spiro atoms. The topological polar surface area (TPSA) is 84.5 Å². The van der Waals surface area contributed by atoms with Crippen LogP contribution in [0.15, 0.2) is 48.5 Å². The lowest BCUT2D eigenvalue weighted by Crippen LogP contribution is -2.29. The molecule has 142 valence electrons. The van der Waals surface area contributed by atoms with E-state index in [1.165, 1.54) is 6.92 Å². The Kier molecular flexibility index (Phi) is 7.11. The lowest BCUT2D eigenvalue weighted by atomic mass is 10.0. The van der Waals surface area contributed by atoms with Crippen molar-refractivity contribution in [1.29, 1.82) is 0 Å². The van der Waals surface area contributed by atoms with E-state index in [1.807, 2.05) is 31.2 Å². The van der Waals surface area contributed by atoms with Crippen LogP contribution in [-0.2, 0) is 14.3 Å². The highest BCUT2D eigenvalue weighted by molar-refractivity contribution is 5.95. The van der Waals surface area contributed by atoms with Gasteiger partial charge in [-0.05, 0) is 37.6 Å². The Balaban J connectivity index is 2.09. The number of ether oxygens (including phenoxy) is 1. The summed E-state index contributed by atoms with van der Waals surface area (Å²) in [5.74, 6) is -0.919. The smallest absolute Gasteiger partial charge is 0.338 e. The van der Waals surface area contributed by atoms with Crippen LogP contribution in [0.3, 0.4) is 0 Å². The third-order valence-electron chi connectivity index (χ3n) is 3.90. The summed E-state index contributed by atoms with van der Waals surface area (Å²) < 4.78 is 4.96. The summed E-state index contributed by atoms with van der Waals surface area (Å²) in [4.78, 5) is 35.8. The van der Waals surface area contributed by atoms with Crippen LogP contribution in [0.1, 0.15) is 47.8 Å². The molecule has 0 fully saturated rings. The monoisotopic (exact) mass is 368 g/mol. The largest absolute Gasteiger partial charge is 0.462 e. The average Bonchev–Trinajstić information content (AvgIpc) is 2.62. The van der Waals surface area contributed by atoms with Crippen molar-refractivity contribution in [2.75, 3.05) is 11.9 Å². The minimum Gasteiger partial charge on any atom is -0.462 e. The number of benzene rings is 2. The molecule has 0 bridgehead atoms. The van der Waals surface area contributed by atoms with Gasteiger partial charge in [0.2, 0.25) is 11.8 Å². The summed E-state index contributed by atoms with van der Waals surface area (Å²) in [6, 6.07) is 13.8. The van der Waals surface area contributed by atoms with Gasteiger partial charge in [0.25, 0.3) is 0 Å². The molecule has 0 aliphatic heterocycles. The van der Waals surface area contributed by atoms with Crippen molar-refractivity contribution >= 4 is 23.5 Å². The van der Waals surface area contributed by atoms with Gasteiger partial charge in [0.05, 0.1) is 24.6 Å². The average molecular weight is 368 g/mol. The second-order valence-electron chi connectivity index (χ2n) is 6.22. The van der Waals surface area contributed by atoms with Gasteiger partial charge < -0.3 is 15.4 Å². The molecule has 0 saturated heterocycles. The molecule has 0 heterocycles. The Labute approximate surface area is 158 Å². The van der Waals surface area contributed by atoms with Gasteiger partial charge in [0, 0.05) is 12.6 Å². The molecule has 2 aromatic rings. The van der Waals surface area contributed by atoms with Crippen molar-refractivity contribution in [1.82, 2.24) is 5.32 Å². The molecule has 2 rings (SSSR count). The highest BCUT2D eigenvalue weighted by Gasteiger charge is 2.17. The summed E-state index contributed by atoms with van der Waals surface area (Å²) in [5.41, 5.74) is 2.81. The Morgan fingerprint density at radius 1 is 1.07 bits per heavy atom. The van der Waals surface area contributed by atoms with E-state index in [2.05, 4.69) is 10.6 Å². The van der Waals surface area contributed by atoms with E-state index in [4.69, 9.17) is 4.74 Å². The maximum Gasteiger partial charge on any atom is 0.338 e. The number of nitrogens with one attached hydrogen (secondary N) is 2. The molecule has 0 aliphatic carbocycles. The molecule has 0 saturated carbocycles. The van der Waals surface area contributed by atoms with Crippen LogP contribution < -0.4 is 10.6 Å². The molecule has 27 heavy (non-hydrogen) atoms. The van der Waals surface area contributed by atoms with E-state index in [0.29, 0.717) is 11.3 Å². The normalized spacial score (nSPS) is 11.4. The quantitative estimate of drug-likeness (QED) is 0.734. The number of hydrogen-bond donors (Lipinski definition) is 2. The fourth-order valence-corrected chi connectivity index (χ4v) is 2.63. The van der Waals surface area contributed by atoms with Crippen LogP contribution in [0.5, 0.6) is 0 Å². The molecular weight excluding hydrogens is 344 g/mol. The lowest BCUT2D eigenvalue weighted by Gasteiger charge is -2.18. The highest BCUT2D eigenvalue weighted by atomic mass is 16.5. The van der Waals surface area contributed by atoms with E-state index in [1.54, 1.807) is 31.2 Å². The first kappa shape index (κ1) is 20.2. The van der Waals surface area contributed by atoms with Gasteiger partial charge in [0.1, 0.15) is 0 Å². The van der Waals surface area contributed by atoms with Gasteiger partial charge in [-0.1, -0.05) is 35.9 Å². The number of amides is 2. The molecule has 2 aromatic carbocycles. The van der Waals surface area contributed by atoms with Crippen LogP contribution in [0.2, 0.25) is 0 Å². The van der Waals surface area contributed by atoms with Gasteiger partial charge in [-0.15, -0.1) is 0 Å². The predicted molar refractivity (Wildman–Crippen MR) is 103 cm³/mol. The first-order chi connectivity index (χ1) is 12.9. The van der Waals surface area contributed by atoms with Crippen molar-refractivity contribution in [3.05, 3.63) is 65.2 Å². The SMILES string of the molecule is CCOC(=O)c1cccc(NC(=O)CC(NC(C)=O)c2ccc(C)cc2)c1. The number of hydrogen-bond acceptors (Lipinski definition) is 4. The second-order valence-corrected chi connectivity index (χ2v) is 6.22. The molecule has 0 radical (unpaired) electrons. The summed E-state index contributed by atoms with van der Waals surface area (Å²) in [6.45, 7) is 5.41. The molecule has 6 heteroatoms. The van der Waals surface area contributed by atoms with Gasteiger partial charge in [-0.3, -0.25) is 9.59 Å². The van der Waals surface area contributed by atoms with E-state index in [-0.39, 0.29) is 24.8 Å². The van der Waals surface area contributed by atoms with Crippen molar-refractivity contribution < 1.29 is 19.1 Å². The van der Waals surface area contributed by atoms with Gasteiger partial charge in [-0.25, -0.2) is 4.79 Å². The van der Waals surface area contributed by atoms with E-state index in [9.17, 15) is 14.4 Å². The van der Waals surface area contributed by atoms with Crippen molar-refractivity contribution in [3.8, 4) is 0 Å². The summed E-state index contributed by atoms with van der Waals surface area (Å²) in [5, 5.41) is 5.57. The van der Waals surface area contributed by atoms with Gasteiger partial charge in [0.15, 0.2) is 0 Å². The molecule has 1 atom stereocenters. The first-order valence-corrected chi connectivity index (χ1v) is 8.79. The molecule has 2 N–H and O–H groups in total. The van der Waals surface area contributed by atoms with Crippen molar-refractivity contribution in [3.63, 3.8) is 0 Å². The van der Waals surface area contributed by atoms with E-state index in [0.717, 1.165) is 11.1 Å². The molecule has 1 unspecified atom stereocenters. The third kappa shape index (κ3) is 6.26. The van der Waals surface area contributed by atoms with Crippen LogP contribution in [0.4, 0.5) is 5.69 Å². The maximum atomic E-state index is 12.5. The summed E-state index contributed by atoms with van der Waals surface area (Å²) in [7, 11) is 0. The summed E-state index contributed by atoms with van der Waals surface area (Å²) >= 11 is 0. The first-order valence-electron chi connectivity index (χ1n) is 8.79. The lowest BCUT2D eigenvalue weighted by molar-refractivity contribution is -0.120. The highest BCUT2D eigenvalue weighted by Crippen LogP contribution is 2.19. The van der Waals surface area contributed by atoms with Crippen molar-refractivity contribution in [2.24, 2.45) is 0 Å². The van der Waals surface area contributed by atoms with E-state index < -0.39 is 12.0 Å². The van der Waals surface area contributed by atoms with Gasteiger partial charge >= 0.3 is 5.97 Å². The van der Waals surface area contributed by atoms with Crippen LogP contribution in [0.25, 0.3) is 0 Å². The third-order valence-corrected chi connectivity index (χ3v) is 3.90. The van der Waals surface area contributed by atoms with Crippen LogP contribution in [0, 0.1) is 6.92 Å². The number of carbonyl (C=O) groups excluding carboxylic acids is 3. The fourth-order valence-electron chi connectivity index (χ4n) is 2.63. The molecule has 6 nitrogen and oxygen atoms in total. The number of aryl methyl sites for hydroxylation is 1. The summed E-state index contributed by atoms with van der Waals surface area (Å²) in [6.07, 6.45) is 0.0757. The maximum absolute atomic E-state index is 12.5. The standard InChI is InChI=1S/C21H24N2O4/c1-4-27-21(26)17-6-5-7-18(12-17)23-20(25)13-19(22-15(3)24)16-10-8-14(2)9-11-16/h5-12,19H,4,13H2,1-3H3,(H,22,24)(H,23,25). The Morgan fingerprint density at radius 2 is 1.78 bits per heavy atom. The Morgan fingerprint density at radius 3 is 2.41 bits per heavy atom. The minimum atomic E-state index is -0.440.